The van der Waals surface area contributed by atoms with E-state index in [9.17, 15) is 4.79 Å². The third-order valence-electron chi connectivity index (χ3n) is 4.56. The summed E-state index contributed by atoms with van der Waals surface area (Å²) in [6.45, 7) is 7.66. The Morgan fingerprint density at radius 3 is 2.78 bits per heavy atom. The molecule has 1 aromatic carbocycles. The molecule has 1 saturated heterocycles. The molecule has 144 valence electrons. The fourth-order valence-electron chi connectivity index (χ4n) is 3.13. The lowest BCUT2D eigenvalue weighted by Crippen LogP contribution is -2.42. The predicted octanol–water partition coefficient (Wildman–Crippen LogP) is 3.26. The van der Waals surface area contributed by atoms with Crippen LogP contribution in [-0.2, 0) is 4.74 Å². The van der Waals surface area contributed by atoms with Gasteiger partial charge in [-0.15, -0.1) is 5.10 Å². The van der Waals surface area contributed by atoms with Gasteiger partial charge >= 0.3 is 6.09 Å². The lowest BCUT2D eigenvalue weighted by molar-refractivity contribution is 0.0983. The van der Waals surface area contributed by atoms with Crippen LogP contribution in [0.1, 0.15) is 30.9 Å². The Bertz CT molecular complexity index is 790. The second-order valence-corrected chi connectivity index (χ2v) is 6.71. The van der Waals surface area contributed by atoms with E-state index in [1.807, 2.05) is 26.0 Å². The Kier molecular flexibility index (Phi) is 6.05. The standard InChI is InChI=1S/C19H26N6O2/c1-4-27-19(26)25-9-7-15(8-10-25)21-17-12-20-24-18(23-17)22-16-6-5-13(2)11-14(16)3/h5-6,11-12,15H,4,7-10H2,1-3H3,(H2,21,22,23,24). The van der Waals surface area contributed by atoms with Crippen molar-refractivity contribution in [3.05, 3.63) is 35.5 Å². The highest BCUT2D eigenvalue weighted by Gasteiger charge is 2.23. The molecule has 2 aromatic rings. The van der Waals surface area contributed by atoms with Gasteiger partial charge in [-0.25, -0.2) is 4.79 Å². The van der Waals surface area contributed by atoms with Crippen LogP contribution in [0.25, 0.3) is 0 Å². The molecular formula is C19H26N6O2. The Morgan fingerprint density at radius 1 is 1.30 bits per heavy atom. The normalized spacial score (nSPS) is 14.7. The van der Waals surface area contributed by atoms with Crippen molar-refractivity contribution in [3.8, 4) is 0 Å². The number of carbonyl (C=O) groups is 1. The molecule has 1 aliphatic rings. The number of aryl methyl sites for hydroxylation is 2. The Morgan fingerprint density at radius 2 is 2.07 bits per heavy atom. The highest BCUT2D eigenvalue weighted by molar-refractivity contribution is 5.67. The second-order valence-electron chi connectivity index (χ2n) is 6.71. The van der Waals surface area contributed by atoms with Crippen LogP contribution in [0.5, 0.6) is 0 Å². The molecule has 1 aliphatic heterocycles. The van der Waals surface area contributed by atoms with Crippen LogP contribution in [0, 0.1) is 13.8 Å². The molecule has 2 N–H and O–H groups in total. The van der Waals surface area contributed by atoms with Crippen LogP contribution in [0.2, 0.25) is 0 Å². The highest BCUT2D eigenvalue weighted by atomic mass is 16.6. The van der Waals surface area contributed by atoms with E-state index < -0.39 is 0 Å². The number of carbonyl (C=O) groups excluding carboxylic acids is 1. The minimum atomic E-state index is -0.236. The van der Waals surface area contributed by atoms with Crippen molar-refractivity contribution >= 4 is 23.5 Å². The zero-order valence-corrected chi connectivity index (χ0v) is 16.0. The molecule has 0 spiro atoms. The van der Waals surface area contributed by atoms with Gasteiger partial charge in [0.25, 0.3) is 0 Å². The second kappa shape index (κ2) is 8.66. The lowest BCUT2D eigenvalue weighted by atomic mass is 10.1. The van der Waals surface area contributed by atoms with Crippen LogP contribution < -0.4 is 10.6 Å². The molecule has 0 bridgehead atoms. The summed E-state index contributed by atoms with van der Waals surface area (Å²) in [6, 6.07) is 6.40. The maximum Gasteiger partial charge on any atom is 0.409 e. The Balaban J connectivity index is 1.57. The summed E-state index contributed by atoms with van der Waals surface area (Å²) in [6.07, 6.45) is 3.05. The van der Waals surface area contributed by atoms with Gasteiger partial charge in [-0.3, -0.25) is 0 Å². The van der Waals surface area contributed by atoms with Gasteiger partial charge in [-0.1, -0.05) is 17.7 Å². The number of aromatic nitrogens is 3. The van der Waals surface area contributed by atoms with Crippen molar-refractivity contribution in [2.75, 3.05) is 30.3 Å². The van der Waals surface area contributed by atoms with Gasteiger partial charge in [-0.2, -0.15) is 10.1 Å². The zero-order chi connectivity index (χ0) is 19.2. The van der Waals surface area contributed by atoms with E-state index in [1.165, 1.54) is 5.56 Å². The lowest BCUT2D eigenvalue weighted by Gasteiger charge is -2.31. The van der Waals surface area contributed by atoms with E-state index in [-0.39, 0.29) is 12.1 Å². The van der Waals surface area contributed by atoms with Crippen molar-refractivity contribution in [1.82, 2.24) is 20.1 Å². The molecule has 0 radical (unpaired) electrons. The summed E-state index contributed by atoms with van der Waals surface area (Å²) in [5.74, 6) is 1.13. The maximum atomic E-state index is 11.8. The van der Waals surface area contributed by atoms with Gasteiger partial charge in [0.15, 0.2) is 5.82 Å². The molecule has 2 heterocycles. The van der Waals surface area contributed by atoms with Crippen molar-refractivity contribution in [3.63, 3.8) is 0 Å². The number of anilines is 3. The number of rotatable bonds is 5. The van der Waals surface area contributed by atoms with Crippen LogP contribution in [0.3, 0.4) is 0 Å². The van der Waals surface area contributed by atoms with Gasteiger partial charge in [0.1, 0.15) is 0 Å². The van der Waals surface area contributed by atoms with Gasteiger partial charge < -0.3 is 20.3 Å². The van der Waals surface area contributed by atoms with Crippen LogP contribution in [-0.4, -0.2) is 51.9 Å². The van der Waals surface area contributed by atoms with E-state index >= 15 is 0 Å². The molecule has 0 atom stereocenters. The fraction of sp³-hybridized carbons (Fsp3) is 0.474. The largest absolute Gasteiger partial charge is 0.450 e. The number of amides is 1. The van der Waals surface area contributed by atoms with Crippen LogP contribution in [0.4, 0.5) is 22.2 Å². The summed E-state index contributed by atoms with van der Waals surface area (Å²) < 4.78 is 5.05. The Labute approximate surface area is 159 Å². The Hall–Kier alpha value is -2.90. The zero-order valence-electron chi connectivity index (χ0n) is 16.0. The minimum absolute atomic E-state index is 0.236. The number of nitrogens with zero attached hydrogens (tertiary/aromatic N) is 4. The third-order valence-corrected chi connectivity index (χ3v) is 4.56. The van der Waals surface area contributed by atoms with Gasteiger partial charge in [0, 0.05) is 24.8 Å². The number of piperidine rings is 1. The molecular weight excluding hydrogens is 344 g/mol. The number of nitrogens with one attached hydrogen (secondary N) is 2. The number of benzene rings is 1. The summed E-state index contributed by atoms with van der Waals surface area (Å²) in [4.78, 5) is 18.0. The molecule has 3 rings (SSSR count). The van der Waals surface area contributed by atoms with E-state index in [2.05, 4.69) is 38.8 Å². The molecule has 8 heteroatoms. The van der Waals surface area contributed by atoms with E-state index in [0.717, 1.165) is 24.1 Å². The molecule has 0 unspecified atom stereocenters. The van der Waals surface area contributed by atoms with E-state index in [0.29, 0.717) is 31.5 Å². The van der Waals surface area contributed by atoms with Crippen LogP contribution >= 0.6 is 0 Å². The topological polar surface area (TPSA) is 92.3 Å². The highest BCUT2D eigenvalue weighted by Crippen LogP contribution is 2.20. The first-order valence-electron chi connectivity index (χ1n) is 9.27. The molecule has 0 saturated carbocycles. The van der Waals surface area contributed by atoms with Gasteiger partial charge in [-0.05, 0) is 45.2 Å². The van der Waals surface area contributed by atoms with Crippen molar-refractivity contribution < 1.29 is 9.53 Å². The first-order chi connectivity index (χ1) is 13.0. The third kappa shape index (κ3) is 5.06. The van der Waals surface area contributed by atoms with Gasteiger partial charge in [0.2, 0.25) is 5.95 Å². The SMILES string of the molecule is CCOC(=O)N1CCC(Nc2cnnc(Nc3ccc(C)cc3C)n2)CC1. The average molecular weight is 370 g/mol. The molecule has 8 nitrogen and oxygen atoms in total. The van der Waals surface area contributed by atoms with E-state index in [1.54, 1.807) is 11.1 Å². The van der Waals surface area contributed by atoms with Crippen molar-refractivity contribution in [2.24, 2.45) is 0 Å². The average Bonchev–Trinajstić information content (AvgIpc) is 2.65. The summed E-state index contributed by atoms with van der Waals surface area (Å²) in [5, 5.41) is 14.7. The quantitative estimate of drug-likeness (QED) is 0.834. The maximum absolute atomic E-state index is 11.8. The number of hydrogen-bond donors (Lipinski definition) is 2. The first-order valence-corrected chi connectivity index (χ1v) is 9.27. The monoisotopic (exact) mass is 370 g/mol. The minimum Gasteiger partial charge on any atom is -0.450 e. The van der Waals surface area contributed by atoms with Crippen LogP contribution in [0.15, 0.2) is 24.4 Å². The van der Waals surface area contributed by atoms with Crippen molar-refractivity contribution in [1.29, 1.82) is 0 Å². The summed E-state index contributed by atoms with van der Waals surface area (Å²) in [7, 11) is 0. The number of likely N-dealkylation sites (tertiary alicyclic amines) is 1. The number of hydrogen-bond acceptors (Lipinski definition) is 7. The molecule has 1 amide bonds. The smallest absolute Gasteiger partial charge is 0.409 e. The number of ether oxygens (including phenoxy) is 1. The fourth-order valence-corrected chi connectivity index (χ4v) is 3.13. The molecule has 1 fully saturated rings. The molecule has 1 aromatic heterocycles. The van der Waals surface area contributed by atoms with Gasteiger partial charge in [0.05, 0.1) is 12.8 Å². The molecule has 27 heavy (non-hydrogen) atoms. The van der Waals surface area contributed by atoms with Crippen molar-refractivity contribution in [2.45, 2.75) is 39.7 Å². The summed E-state index contributed by atoms with van der Waals surface area (Å²) >= 11 is 0. The molecule has 0 aliphatic carbocycles. The first kappa shape index (κ1) is 18.9. The summed E-state index contributed by atoms with van der Waals surface area (Å²) in [5.41, 5.74) is 3.30. The van der Waals surface area contributed by atoms with E-state index in [4.69, 9.17) is 4.74 Å². The predicted molar refractivity (Wildman–Crippen MR) is 104 cm³/mol.